The fourth-order valence-electron chi connectivity index (χ4n) is 4.34. The summed E-state index contributed by atoms with van der Waals surface area (Å²) in [6.45, 7) is 2.21. The zero-order valence-electron chi connectivity index (χ0n) is 20.1. The minimum Gasteiger partial charge on any atom is -0.265 e. The molecule has 174 valence electrons. The first kappa shape index (κ1) is 23.7. The van der Waals surface area contributed by atoms with Crippen molar-refractivity contribution in [3.8, 4) is 22.3 Å². The summed E-state index contributed by atoms with van der Waals surface area (Å²) in [5.41, 5.74) is 4.94. The second-order valence-corrected chi connectivity index (χ2v) is 8.95. The molecule has 0 aromatic carbocycles. The van der Waals surface area contributed by atoms with Crippen molar-refractivity contribution < 1.29 is 9.13 Å². The largest absolute Gasteiger partial charge is 0.265 e. The molecule has 0 atom stereocenters. The number of rotatable bonds is 13. The molecular formula is C30H36N4+2. The topological polar surface area (TPSA) is 33.5 Å². The molecule has 4 aromatic rings. The second kappa shape index (κ2) is 13.3. The van der Waals surface area contributed by atoms with Crippen LogP contribution in [0.3, 0.4) is 0 Å². The van der Waals surface area contributed by atoms with Gasteiger partial charge in [-0.25, -0.2) is 9.13 Å². The van der Waals surface area contributed by atoms with Gasteiger partial charge in [0.05, 0.1) is 0 Å². The van der Waals surface area contributed by atoms with Gasteiger partial charge in [-0.2, -0.15) is 0 Å². The Bertz CT molecular complexity index is 987. The highest BCUT2D eigenvalue weighted by Gasteiger charge is 2.04. The Hall–Kier alpha value is -3.40. The second-order valence-electron chi connectivity index (χ2n) is 8.95. The number of hydrogen-bond donors (Lipinski definition) is 0. The molecule has 0 spiro atoms. The maximum atomic E-state index is 4.09. The molecule has 0 N–H and O–H groups in total. The number of hydrogen-bond acceptors (Lipinski definition) is 2. The van der Waals surface area contributed by atoms with Gasteiger partial charge < -0.3 is 0 Å². The lowest BCUT2D eigenvalue weighted by molar-refractivity contribution is -0.697. The van der Waals surface area contributed by atoms with Gasteiger partial charge in [0.2, 0.25) is 0 Å². The standard InChI is InChI=1S/C30H36N4/c1(3-5-7-21-33-23-13-29(14-24-33)27-9-17-31-18-10-27)2-4-6-8-22-34-25-15-30(16-26-34)28-11-19-32-20-12-28/h9-20,23-26H,1-8,21-22H2/q+2. The molecule has 0 aliphatic carbocycles. The molecule has 4 rings (SSSR count). The minimum atomic E-state index is 1.10. The molecule has 4 heteroatoms. The molecule has 4 aromatic heterocycles. The van der Waals surface area contributed by atoms with Gasteiger partial charge in [0.1, 0.15) is 13.1 Å². The zero-order chi connectivity index (χ0) is 23.3. The fourth-order valence-corrected chi connectivity index (χ4v) is 4.34. The minimum absolute atomic E-state index is 1.10. The van der Waals surface area contributed by atoms with Crippen molar-refractivity contribution in [2.75, 3.05) is 0 Å². The van der Waals surface area contributed by atoms with Crippen molar-refractivity contribution >= 4 is 0 Å². The van der Waals surface area contributed by atoms with Gasteiger partial charge in [0, 0.05) is 61.9 Å². The van der Waals surface area contributed by atoms with Crippen LogP contribution in [0.15, 0.2) is 98.1 Å². The average Bonchev–Trinajstić information content (AvgIpc) is 2.91. The fraction of sp³-hybridized carbons (Fsp3) is 0.333. The average molecular weight is 453 g/mol. The van der Waals surface area contributed by atoms with Crippen LogP contribution >= 0.6 is 0 Å². The van der Waals surface area contributed by atoms with E-state index in [9.17, 15) is 0 Å². The lowest BCUT2D eigenvalue weighted by atomic mass is 10.1. The number of unbranched alkanes of at least 4 members (excludes halogenated alkanes) is 7. The maximum Gasteiger partial charge on any atom is 0.169 e. The van der Waals surface area contributed by atoms with Crippen LogP contribution in [0.5, 0.6) is 0 Å². The third kappa shape index (κ3) is 7.58. The first-order valence-corrected chi connectivity index (χ1v) is 12.7. The highest BCUT2D eigenvalue weighted by molar-refractivity contribution is 5.62. The van der Waals surface area contributed by atoms with Gasteiger partial charge in [-0.1, -0.05) is 25.7 Å². The summed E-state index contributed by atoms with van der Waals surface area (Å²) in [7, 11) is 0. The zero-order valence-corrected chi connectivity index (χ0v) is 20.1. The van der Waals surface area contributed by atoms with Gasteiger partial charge in [-0.3, -0.25) is 9.97 Å². The Kier molecular flexibility index (Phi) is 9.32. The van der Waals surface area contributed by atoms with Crippen molar-refractivity contribution in [3.63, 3.8) is 0 Å². The SMILES string of the molecule is c1cc(-c2cc[n+](CCCCCCCCCC[n+]3ccc(-c4ccncc4)cc3)cc2)ccn1. The molecule has 0 radical (unpaired) electrons. The summed E-state index contributed by atoms with van der Waals surface area (Å²) >= 11 is 0. The highest BCUT2D eigenvalue weighted by Crippen LogP contribution is 2.17. The highest BCUT2D eigenvalue weighted by atomic mass is 14.9. The van der Waals surface area contributed by atoms with Crippen molar-refractivity contribution in [2.45, 2.75) is 64.5 Å². The molecule has 0 aliphatic heterocycles. The number of aryl methyl sites for hydroxylation is 2. The monoisotopic (exact) mass is 452 g/mol. The summed E-state index contributed by atoms with van der Waals surface area (Å²) in [6, 6.07) is 17.0. The first-order chi connectivity index (χ1) is 16.9. The summed E-state index contributed by atoms with van der Waals surface area (Å²) < 4.78 is 4.60. The van der Waals surface area contributed by atoms with Crippen LogP contribution in [-0.2, 0) is 13.1 Å². The van der Waals surface area contributed by atoms with Gasteiger partial charge in [0.15, 0.2) is 24.8 Å². The van der Waals surface area contributed by atoms with Crippen molar-refractivity contribution in [1.82, 2.24) is 9.97 Å². The van der Waals surface area contributed by atoms with Crippen molar-refractivity contribution in [2.24, 2.45) is 0 Å². The van der Waals surface area contributed by atoms with E-state index in [2.05, 4.69) is 92.4 Å². The maximum absolute atomic E-state index is 4.09. The molecule has 0 bridgehead atoms. The molecule has 0 saturated heterocycles. The predicted octanol–water partition coefficient (Wildman–Crippen LogP) is 6.21. The van der Waals surface area contributed by atoms with Crippen molar-refractivity contribution in [3.05, 3.63) is 98.1 Å². The van der Waals surface area contributed by atoms with E-state index in [4.69, 9.17) is 0 Å². The molecule has 0 saturated carbocycles. The molecule has 34 heavy (non-hydrogen) atoms. The summed E-state index contributed by atoms with van der Waals surface area (Å²) in [5.74, 6) is 0. The molecule has 0 aliphatic rings. The lowest BCUT2D eigenvalue weighted by Gasteiger charge is -2.03. The third-order valence-corrected chi connectivity index (χ3v) is 6.39. The smallest absolute Gasteiger partial charge is 0.169 e. The summed E-state index contributed by atoms with van der Waals surface area (Å²) in [5, 5.41) is 0. The van der Waals surface area contributed by atoms with Crippen LogP contribution in [0, 0.1) is 0 Å². The van der Waals surface area contributed by atoms with Crippen LogP contribution < -0.4 is 9.13 Å². The molecular weight excluding hydrogens is 416 g/mol. The van der Waals surface area contributed by atoms with E-state index in [0.29, 0.717) is 0 Å². The van der Waals surface area contributed by atoms with E-state index in [0.717, 1.165) is 13.1 Å². The Morgan fingerprint density at radius 1 is 0.382 bits per heavy atom. The van der Waals surface area contributed by atoms with Gasteiger partial charge >= 0.3 is 0 Å². The third-order valence-electron chi connectivity index (χ3n) is 6.39. The van der Waals surface area contributed by atoms with E-state index < -0.39 is 0 Å². The van der Waals surface area contributed by atoms with E-state index >= 15 is 0 Å². The first-order valence-electron chi connectivity index (χ1n) is 12.7. The lowest BCUT2D eigenvalue weighted by Crippen LogP contribution is -2.32. The van der Waals surface area contributed by atoms with Crippen LogP contribution in [0.2, 0.25) is 0 Å². The van der Waals surface area contributed by atoms with Crippen LogP contribution in [0.4, 0.5) is 0 Å². The van der Waals surface area contributed by atoms with Crippen molar-refractivity contribution in [1.29, 1.82) is 0 Å². The number of aromatic nitrogens is 4. The number of nitrogens with zero attached hydrogens (tertiary/aromatic N) is 4. The summed E-state index contributed by atoms with van der Waals surface area (Å²) in [4.78, 5) is 8.18. The van der Waals surface area contributed by atoms with Gasteiger partial charge in [0.25, 0.3) is 0 Å². The van der Waals surface area contributed by atoms with Crippen LogP contribution in [0.1, 0.15) is 51.4 Å². The molecule has 4 nitrogen and oxygen atoms in total. The summed E-state index contributed by atoms with van der Waals surface area (Å²) in [6.07, 6.45) is 26.7. The number of pyridine rings is 4. The Balaban J connectivity index is 1.02. The normalized spacial score (nSPS) is 10.9. The quantitative estimate of drug-likeness (QED) is 0.179. The van der Waals surface area contributed by atoms with Crippen LogP contribution in [0.25, 0.3) is 22.3 Å². The van der Waals surface area contributed by atoms with Crippen LogP contribution in [-0.4, -0.2) is 9.97 Å². The molecule has 0 unspecified atom stereocenters. The Morgan fingerprint density at radius 3 is 1.03 bits per heavy atom. The molecule has 0 amide bonds. The van der Waals surface area contributed by atoms with Gasteiger partial charge in [-0.15, -0.1) is 0 Å². The van der Waals surface area contributed by atoms with E-state index in [-0.39, 0.29) is 0 Å². The van der Waals surface area contributed by atoms with Gasteiger partial charge in [-0.05, 0) is 59.4 Å². The predicted molar refractivity (Wildman–Crippen MR) is 137 cm³/mol. The van der Waals surface area contributed by atoms with E-state index in [1.54, 1.807) is 0 Å². The van der Waals surface area contributed by atoms with E-state index in [1.165, 1.54) is 73.6 Å². The Labute approximate surface area is 204 Å². The molecule has 0 fully saturated rings. The Morgan fingerprint density at radius 2 is 0.676 bits per heavy atom. The van der Waals surface area contributed by atoms with E-state index in [1.807, 2.05) is 24.8 Å². The molecule has 4 heterocycles.